The Hall–Kier alpha value is -0.540. The monoisotopic (exact) mass is 250 g/mol. The van der Waals surface area contributed by atoms with Crippen molar-refractivity contribution in [2.75, 3.05) is 0 Å². The van der Waals surface area contributed by atoms with Gasteiger partial charge in [0.25, 0.3) is 0 Å². The van der Waals surface area contributed by atoms with Crippen LogP contribution in [0.1, 0.15) is 57.2 Å². The van der Waals surface area contributed by atoms with Crippen LogP contribution in [0.5, 0.6) is 0 Å². The van der Waals surface area contributed by atoms with Gasteiger partial charge in [-0.15, -0.1) is 11.8 Å². The third-order valence-electron chi connectivity index (χ3n) is 3.43. The van der Waals surface area contributed by atoms with Gasteiger partial charge in [-0.3, -0.25) is 4.98 Å². The molecule has 1 aromatic heterocycles. The molecule has 0 unspecified atom stereocenters. The lowest BCUT2D eigenvalue weighted by Gasteiger charge is -2.20. The van der Waals surface area contributed by atoms with E-state index in [0.717, 1.165) is 17.4 Å². The normalized spacial score (nSPS) is 19.2. The number of hydrogen-bond acceptors (Lipinski definition) is 3. The van der Waals surface area contributed by atoms with Crippen LogP contribution in [0.2, 0.25) is 0 Å². The number of pyridine rings is 1. The van der Waals surface area contributed by atoms with Crippen LogP contribution < -0.4 is 5.73 Å². The van der Waals surface area contributed by atoms with Gasteiger partial charge < -0.3 is 5.73 Å². The first-order valence-electron chi connectivity index (χ1n) is 6.67. The van der Waals surface area contributed by atoms with Crippen molar-refractivity contribution in [3.8, 4) is 0 Å². The summed E-state index contributed by atoms with van der Waals surface area (Å²) in [7, 11) is 0. The van der Waals surface area contributed by atoms with Crippen LogP contribution in [-0.4, -0.2) is 10.2 Å². The summed E-state index contributed by atoms with van der Waals surface area (Å²) in [5.74, 6) is 0. The molecular weight excluding hydrogens is 228 g/mol. The lowest BCUT2D eigenvalue weighted by molar-refractivity contribution is 0.516. The second-order valence-electron chi connectivity index (χ2n) is 4.81. The molecule has 2 nitrogen and oxygen atoms in total. The summed E-state index contributed by atoms with van der Waals surface area (Å²) in [5.41, 5.74) is 6.97. The Morgan fingerprint density at radius 3 is 2.71 bits per heavy atom. The molecule has 17 heavy (non-hydrogen) atoms. The first-order chi connectivity index (χ1) is 8.29. The summed E-state index contributed by atoms with van der Waals surface area (Å²) in [4.78, 5) is 5.76. The smallest absolute Gasteiger partial charge is 0.0571 e. The standard InChI is InChI=1S/C14H22N2S/c1-2-13(15)14-9-8-12(10-16-14)17-11-6-4-3-5-7-11/h8-11,13H,2-7,15H2,1H3/t13-/m0/s1. The molecule has 0 spiro atoms. The topological polar surface area (TPSA) is 38.9 Å². The summed E-state index contributed by atoms with van der Waals surface area (Å²) in [6, 6.07) is 4.35. The Kier molecular flexibility index (Phi) is 4.86. The molecule has 0 aromatic carbocycles. The minimum absolute atomic E-state index is 0.0868. The molecule has 1 aromatic rings. The zero-order chi connectivity index (χ0) is 12.1. The van der Waals surface area contributed by atoms with Crippen molar-refractivity contribution in [2.45, 2.75) is 61.6 Å². The molecule has 1 fully saturated rings. The average Bonchev–Trinajstić information content (AvgIpc) is 2.40. The van der Waals surface area contributed by atoms with E-state index in [1.165, 1.54) is 37.0 Å². The molecular formula is C14H22N2S. The van der Waals surface area contributed by atoms with Crippen LogP contribution in [0.15, 0.2) is 23.2 Å². The number of rotatable bonds is 4. The van der Waals surface area contributed by atoms with Crippen molar-refractivity contribution < 1.29 is 0 Å². The van der Waals surface area contributed by atoms with Gasteiger partial charge in [-0.05, 0) is 31.4 Å². The van der Waals surface area contributed by atoms with Gasteiger partial charge in [-0.2, -0.15) is 0 Å². The summed E-state index contributed by atoms with van der Waals surface area (Å²) in [6.07, 6.45) is 9.86. The van der Waals surface area contributed by atoms with Crippen molar-refractivity contribution >= 4 is 11.8 Å². The van der Waals surface area contributed by atoms with Gasteiger partial charge >= 0.3 is 0 Å². The molecule has 1 aliphatic rings. The molecule has 3 heteroatoms. The van der Waals surface area contributed by atoms with Crippen molar-refractivity contribution in [3.63, 3.8) is 0 Å². The largest absolute Gasteiger partial charge is 0.323 e. The van der Waals surface area contributed by atoms with E-state index >= 15 is 0 Å². The molecule has 1 aliphatic carbocycles. The number of aromatic nitrogens is 1. The molecule has 1 saturated carbocycles. The molecule has 0 saturated heterocycles. The fourth-order valence-electron chi connectivity index (χ4n) is 2.27. The summed E-state index contributed by atoms with van der Waals surface area (Å²) in [5, 5.41) is 0.802. The Bertz CT molecular complexity index is 331. The summed E-state index contributed by atoms with van der Waals surface area (Å²) in [6.45, 7) is 2.09. The van der Waals surface area contributed by atoms with E-state index in [1.807, 2.05) is 18.0 Å². The molecule has 94 valence electrons. The zero-order valence-electron chi connectivity index (χ0n) is 10.6. The van der Waals surface area contributed by atoms with Crippen molar-refractivity contribution in [1.29, 1.82) is 0 Å². The third kappa shape index (κ3) is 3.71. The molecule has 0 radical (unpaired) electrons. The van der Waals surface area contributed by atoms with Crippen LogP contribution >= 0.6 is 11.8 Å². The Morgan fingerprint density at radius 2 is 2.12 bits per heavy atom. The third-order valence-corrected chi connectivity index (χ3v) is 4.75. The fraction of sp³-hybridized carbons (Fsp3) is 0.643. The van der Waals surface area contributed by atoms with Gasteiger partial charge in [0, 0.05) is 22.4 Å². The Morgan fingerprint density at radius 1 is 1.35 bits per heavy atom. The van der Waals surface area contributed by atoms with E-state index in [2.05, 4.69) is 24.0 Å². The lowest BCUT2D eigenvalue weighted by Crippen LogP contribution is -2.11. The number of nitrogens with two attached hydrogens (primary N) is 1. The second-order valence-corrected chi connectivity index (χ2v) is 6.19. The zero-order valence-corrected chi connectivity index (χ0v) is 11.4. The molecule has 1 atom stereocenters. The fourth-order valence-corrected chi connectivity index (χ4v) is 3.48. The van der Waals surface area contributed by atoms with Gasteiger partial charge in [0.15, 0.2) is 0 Å². The van der Waals surface area contributed by atoms with E-state index < -0.39 is 0 Å². The number of nitrogens with zero attached hydrogens (tertiary/aromatic N) is 1. The highest BCUT2D eigenvalue weighted by atomic mass is 32.2. The summed E-state index contributed by atoms with van der Waals surface area (Å²) >= 11 is 1.99. The molecule has 2 rings (SSSR count). The van der Waals surface area contributed by atoms with Crippen LogP contribution in [0.25, 0.3) is 0 Å². The van der Waals surface area contributed by atoms with Crippen LogP contribution in [0.4, 0.5) is 0 Å². The van der Waals surface area contributed by atoms with Crippen LogP contribution in [0.3, 0.4) is 0 Å². The van der Waals surface area contributed by atoms with Gasteiger partial charge in [0.1, 0.15) is 0 Å². The molecule has 0 amide bonds. The highest BCUT2D eigenvalue weighted by Gasteiger charge is 2.14. The Balaban J connectivity index is 1.93. The van der Waals surface area contributed by atoms with Crippen LogP contribution in [-0.2, 0) is 0 Å². The predicted molar refractivity (Wildman–Crippen MR) is 74.2 cm³/mol. The quantitative estimate of drug-likeness (QED) is 0.880. The first kappa shape index (κ1) is 12.9. The molecule has 1 heterocycles. The molecule has 0 bridgehead atoms. The van der Waals surface area contributed by atoms with E-state index in [-0.39, 0.29) is 6.04 Å². The molecule has 0 aliphatic heterocycles. The van der Waals surface area contributed by atoms with Crippen molar-refractivity contribution in [1.82, 2.24) is 4.98 Å². The maximum atomic E-state index is 5.96. The predicted octanol–water partition coefficient (Wildman–Crippen LogP) is 3.92. The number of hydrogen-bond donors (Lipinski definition) is 1. The van der Waals surface area contributed by atoms with E-state index in [9.17, 15) is 0 Å². The van der Waals surface area contributed by atoms with E-state index in [0.29, 0.717) is 0 Å². The maximum Gasteiger partial charge on any atom is 0.0571 e. The minimum atomic E-state index is 0.0868. The first-order valence-corrected chi connectivity index (χ1v) is 7.55. The van der Waals surface area contributed by atoms with Crippen molar-refractivity contribution in [2.24, 2.45) is 5.73 Å². The maximum absolute atomic E-state index is 5.96. The van der Waals surface area contributed by atoms with E-state index in [1.54, 1.807) is 0 Å². The van der Waals surface area contributed by atoms with Gasteiger partial charge in [0.2, 0.25) is 0 Å². The number of thioether (sulfide) groups is 1. The van der Waals surface area contributed by atoms with Crippen molar-refractivity contribution in [3.05, 3.63) is 24.0 Å². The van der Waals surface area contributed by atoms with Crippen LogP contribution in [0, 0.1) is 0 Å². The summed E-state index contributed by atoms with van der Waals surface area (Å²) < 4.78 is 0. The van der Waals surface area contributed by atoms with E-state index in [4.69, 9.17) is 5.73 Å². The average molecular weight is 250 g/mol. The van der Waals surface area contributed by atoms with Gasteiger partial charge in [0.05, 0.1) is 5.69 Å². The SMILES string of the molecule is CC[C@H](N)c1ccc(SC2CCCCC2)cn1. The Labute approximate surface area is 108 Å². The molecule has 2 N–H and O–H groups in total. The minimum Gasteiger partial charge on any atom is -0.323 e. The lowest BCUT2D eigenvalue weighted by atomic mass is 10.0. The van der Waals surface area contributed by atoms with Gasteiger partial charge in [-0.1, -0.05) is 26.2 Å². The van der Waals surface area contributed by atoms with Gasteiger partial charge in [-0.25, -0.2) is 0 Å². The highest BCUT2D eigenvalue weighted by Crippen LogP contribution is 2.33. The second kappa shape index (κ2) is 6.41. The highest BCUT2D eigenvalue weighted by molar-refractivity contribution is 8.00.